The number of benzene rings is 1. The Morgan fingerprint density at radius 3 is 2.43 bits per heavy atom. The van der Waals surface area contributed by atoms with E-state index in [2.05, 4.69) is 47.0 Å². The van der Waals surface area contributed by atoms with Gasteiger partial charge in [0.25, 0.3) is 0 Å². The molecule has 0 atom stereocenters. The number of ether oxygens (including phenoxy) is 1. The van der Waals surface area contributed by atoms with Crippen LogP contribution in [0.4, 0.5) is 5.82 Å². The van der Waals surface area contributed by atoms with Crippen LogP contribution in [0.3, 0.4) is 0 Å². The molecule has 0 unspecified atom stereocenters. The molecular weight excluding hydrogens is 330 g/mol. The zero-order valence-corrected chi connectivity index (χ0v) is 14.6. The topological polar surface area (TPSA) is 47.0 Å². The summed E-state index contributed by atoms with van der Waals surface area (Å²) in [7, 11) is 3.51. The zero-order valence-electron chi connectivity index (χ0n) is 13.0. The van der Waals surface area contributed by atoms with Crippen molar-refractivity contribution in [2.75, 3.05) is 19.5 Å². The lowest BCUT2D eigenvalue weighted by Crippen LogP contribution is -2.15. The van der Waals surface area contributed by atoms with Crippen molar-refractivity contribution in [3.63, 3.8) is 0 Å². The van der Waals surface area contributed by atoms with Crippen LogP contribution in [0.5, 0.6) is 5.75 Å². The van der Waals surface area contributed by atoms with Crippen molar-refractivity contribution >= 4 is 21.7 Å². The van der Waals surface area contributed by atoms with E-state index in [1.54, 1.807) is 7.11 Å². The van der Waals surface area contributed by atoms with Crippen LogP contribution in [0.1, 0.15) is 26.5 Å². The number of nitrogens with one attached hydrogen (secondary N) is 1. The summed E-state index contributed by atoms with van der Waals surface area (Å²) in [6, 6.07) is 7.77. The summed E-state index contributed by atoms with van der Waals surface area (Å²) < 4.78 is 6.23. The predicted molar refractivity (Wildman–Crippen MR) is 90.0 cm³/mol. The Hall–Kier alpha value is -1.62. The molecular formula is C16H20BrN3O. The Morgan fingerprint density at radius 1 is 1.14 bits per heavy atom. The van der Waals surface area contributed by atoms with Crippen molar-refractivity contribution in [2.24, 2.45) is 0 Å². The number of anilines is 1. The largest absolute Gasteiger partial charge is 0.497 e. The van der Waals surface area contributed by atoms with E-state index >= 15 is 0 Å². The molecule has 2 rings (SSSR count). The van der Waals surface area contributed by atoms with E-state index in [1.807, 2.05) is 31.3 Å². The van der Waals surface area contributed by atoms with Gasteiger partial charge in [-0.3, -0.25) is 0 Å². The van der Waals surface area contributed by atoms with Gasteiger partial charge in [0.2, 0.25) is 0 Å². The SMILES string of the molecule is CNc1cc(C(C)(C)C)nc(-c2cc(OC)ccc2Br)n1. The summed E-state index contributed by atoms with van der Waals surface area (Å²) >= 11 is 3.56. The lowest BCUT2D eigenvalue weighted by Gasteiger charge is -2.19. The van der Waals surface area contributed by atoms with Crippen LogP contribution in [0.15, 0.2) is 28.7 Å². The standard InChI is InChI=1S/C16H20BrN3O/c1-16(2,3)13-9-14(18-4)20-15(19-13)11-8-10(21-5)6-7-12(11)17/h6-9H,1-5H3,(H,18,19,20). The number of methoxy groups -OCH3 is 1. The highest BCUT2D eigenvalue weighted by atomic mass is 79.9. The van der Waals surface area contributed by atoms with Gasteiger partial charge in [-0.1, -0.05) is 36.7 Å². The van der Waals surface area contributed by atoms with Gasteiger partial charge >= 0.3 is 0 Å². The summed E-state index contributed by atoms with van der Waals surface area (Å²) in [5.41, 5.74) is 1.86. The average molecular weight is 350 g/mol. The molecule has 5 heteroatoms. The Bertz CT molecular complexity index is 650. The summed E-state index contributed by atoms with van der Waals surface area (Å²) in [5.74, 6) is 2.26. The van der Waals surface area contributed by atoms with Crippen molar-refractivity contribution < 1.29 is 4.74 Å². The van der Waals surface area contributed by atoms with Gasteiger partial charge in [-0.2, -0.15) is 0 Å². The molecule has 1 aromatic heterocycles. The molecule has 1 N–H and O–H groups in total. The van der Waals surface area contributed by atoms with Gasteiger partial charge in [0, 0.05) is 28.6 Å². The smallest absolute Gasteiger partial charge is 0.163 e. The average Bonchev–Trinajstić information content (AvgIpc) is 2.46. The quantitative estimate of drug-likeness (QED) is 0.899. The van der Waals surface area contributed by atoms with E-state index in [1.165, 1.54) is 0 Å². The fraction of sp³-hybridized carbons (Fsp3) is 0.375. The Balaban J connectivity index is 2.63. The third-order valence-electron chi connectivity index (χ3n) is 3.17. The Morgan fingerprint density at radius 2 is 1.86 bits per heavy atom. The first kappa shape index (κ1) is 15.8. The van der Waals surface area contributed by atoms with Crippen LogP contribution < -0.4 is 10.1 Å². The molecule has 0 saturated heterocycles. The highest BCUT2D eigenvalue weighted by molar-refractivity contribution is 9.10. The summed E-state index contributed by atoms with van der Waals surface area (Å²) in [6.07, 6.45) is 0. The van der Waals surface area contributed by atoms with E-state index in [-0.39, 0.29) is 5.41 Å². The maximum atomic E-state index is 5.29. The van der Waals surface area contributed by atoms with Gasteiger partial charge in [-0.05, 0) is 18.2 Å². The number of hydrogen-bond donors (Lipinski definition) is 1. The third kappa shape index (κ3) is 3.53. The first-order valence-corrected chi connectivity index (χ1v) is 7.55. The highest BCUT2D eigenvalue weighted by Crippen LogP contribution is 2.32. The molecule has 1 aromatic carbocycles. The van der Waals surface area contributed by atoms with Gasteiger partial charge in [-0.25, -0.2) is 9.97 Å². The fourth-order valence-corrected chi connectivity index (χ4v) is 2.31. The molecule has 0 spiro atoms. The van der Waals surface area contributed by atoms with E-state index in [0.29, 0.717) is 5.82 Å². The lowest BCUT2D eigenvalue weighted by molar-refractivity contribution is 0.415. The molecule has 2 aromatic rings. The molecule has 4 nitrogen and oxygen atoms in total. The minimum absolute atomic E-state index is 0.0470. The fourth-order valence-electron chi connectivity index (χ4n) is 1.88. The lowest BCUT2D eigenvalue weighted by atomic mass is 9.92. The number of nitrogens with zero attached hydrogens (tertiary/aromatic N) is 2. The van der Waals surface area contributed by atoms with Crippen LogP contribution in [-0.4, -0.2) is 24.1 Å². The van der Waals surface area contributed by atoms with Gasteiger partial charge in [0.15, 0.2) is 5.82 Å². The van der Waals surface area contributed by atoms with Crippen molar-refractivity contribution in [2.45, 2.75) is 26.2 Å². The minimum Gasteiger partial charge on any atom is -0.497 e. The first-order chi connectivity index (χ1) is 9.85. The second-order valence-electron chi connectivity index (χ2n) is 5.81. The molecule has 1 heterocycles. The van der Waals surface area contributed by atoms with Gasteiger partial charge < -0.3 is 10.1 Å². The molecule has 0 radical (unpaired) electrons. The van der Waals surface area contributed by atoms with E-state index < -0.39 is 0 Å². The van der Waals surface area contributed by atoms with E-state index in [4.69, 9.17) is 9.72 Å². The maximum Gasteiger partial charge on any atom is 0.163 e. The highest BCUT2D eigenvalue weighted by Gasteiger charge is 2.19. The van der Waals surface area contributed by atoms with E-state index in [9.17, 15) is 0 Å². The third-order valence-corrected chi connectivity index (χ3v) is 3.86. The zero-order chi connectivity index (χ0) is 15.6. The van der Waals surface area contributed by atoms with Crippen LogP contribution in [0.25, 0.3) is 11.4 Å². The van der Waals surface area contributed by atoms with Crippen molar-refractivity contribution in [3.8, 4) is 17.1 Å². The normalized spacial score (nSPS) is 11.3. The molecule has 112 valence electrons. The predicted octanol–water partition coefficient (Wildman–Crippen LogP) is 4.25. The molecule has 0 aliphatic carbocycles. The molecule has 0 aliphatic rings. The van der Waals surface area contributed by atoms with Crippen LogP contribution in [0.2, 0.25) is 0 Å². The Kier molecular flexibility index (Phi) is 4.52. The van der Waals surface area contributed by atoms with Crippen molar-refractivity contribution in [1.29, 1.82) is 0 Å². The number of aromatic nitrogens is 2. The number of hydrogen-bond acceptors (Lipinski definition) is 4. The summed E-state index contributed by atoms with van der Waals surface area (Å²) in [4.78, 5) is 9.29. The number of rotatable bonds is 3. The molecule has 0 bridgehead atoms. The minimum atomic E-state index is -0.0470. The monoisotopic (exact) mass is 349 g/mol. The molecule has 21 heavy (non-hydrogen) atoms. The summed E-state index contributed by atoms with van der Waals surface area (Å²) in [5, 5.41) is 3.10. The number of halogens is 1. The van der Waals surface area contributed by atoms with E-state index in [0.717, 1.165) is 27.3 Å². The van der Waals surface area contributed by atoms with Gasteiger partial charge in [0.1, 0.15) is 11.6 Å². The van der Waals surface area contributed by atoms with Gasteiger partial charge in [0.05, 0.1) is 12.8 Å². The molecule has 0 amide bonds. The van der Waals surface area contributed by atoms with Gasteiger partial charge in [-0.15, -0.1) is 0 Å². The van der Waals surface area contributed by atoms with Crippen LogP contribution in [-0.2, 0) is 5.41 Å². The maximum absolute atomic E-state index is 5.29. The molecule has 0 saturated carbocycles. The van der Waals surface area contributed by atoms with Crippen molar-refractivity contribution in [3.05, 3.63) is 34.4 Å². The molecule has 0 aliphatic heterocycles. The van der Waals surface area contributed by atoms with Crippen LogP contribution >= 0.6 is 15.9 Å². The van der Waals surface area contributed by atoms with Crippen LogP contribution in [0, 0.1) is 0 Å². The Labute approximate surface area is 134 Å². The molecule has 0 fully saturated rings. The second kappa shape index (κ2) is 6.02. The first-order valence-electron chi connectivity index (χ1n) is 6.76. The van der Waals surface area contributed by atoms with Crippen molar-refractivity contribution in [1.82, 2.24) is 9.97 Å². The second-order valence-corrected chi connectivity index (χ2v) is 6.66. The summed E-state index contributed by atoms with van der Waals surface area (Å²) in [6.45, 7) is 6.41.